The van der Waals surface area contributed by atoms with Crippen LogP contribution in [0.1, 0.15) is 36.8 Å². The Morgan fingerprint density at radius 3 is 2.52 bits per heavy atom. The zero-order chi connectivity index (χ0) is 18.0. The molecule has 2 aromatic rings. The number of hydrogen-bond acceptors (Lipinski definition) is 4. The first-order valence-electron chi connectivity index (χ1n) is 8.33. The van der Waals surface area contributed by atoms with Crippen LogP contribution in [0.25, 0.3) is 11.1 Å². The summed E-state index contributed by atoms with van der Waals surface area (Å²) < 4.78 is 20.5. The van der Waals surface area contributed by atoms with Crippen molar-refractivity contribution in [3.05, 3.63) is 47.3 Å². The number of nitrogen functional groups attached to an aromatic ring is 1. The molecule has 0 aromatic heterocycles. The van der Waals surface area contributed by atoms with Crippen molar-refractivity contribution in [2.75, 3.05) is 5.73 Å². The first-order chi connectivity index (χ1) is 12.0. The highest BCUT2D eigenvalue weighted by atomic mass is 19.1. The Kier molecular flexibility index (Phi) is 4.71. The van der Waals surface area contributed by atoms with E-state index in [0.29, 0.717) is 11.1 Å². The van der Waals surface area contributed by atoms with Crippen LogP contribution in [0.2, 0.25) is 0 Å². The quantitative estimate of drug-likeness (QED) is 0.513. The molecule has 4 nitrogen and oxygen atoms in total. The fraction of sp³-hybridized carbons (Fsp3) is 0.300. The van der Waals surface area contributed by atoms with E-state index in [1.807, 2.05) is 12.1 Å². The maximum absolute atomic E-state index is 15.2. The summed E-state index contributed by atoms with van der Waals surface area (Å²) in [5.74, 6) is -1.75. The molecule has 0 saturated heterocycles. The third kappa shape index (κ3) is 3.08. The normalized spacial score (nSPS) is 14.3. The summed E-state index contributed by atoms with van der Waals surface area (Å²) in [6.07, 6.45) is 3.40. The number of hydrogen-bond donors (Lipinski definition) is 1. The molecule has 0 amide bonds. The van der Waals surface area contributed by atoms with Gasteiger partial charge in [0.25, 0.3) is 0 Å². The fourth-order valence-electron chi connectivity index (χ4n) is 3.37. The highest BCUT2D eigenvalue weighted by molar-refractivity contribution is 5.84. The number of nitrogens with zero attached hydrogens (tertiary/aromatic N) is 1. The number of esters is 1. The van der Waals surface area contributed by atoms with Gasteiger partial charge in [0.05, 0.1) is 17.2 Å². The predicted octanol–water partition coefficient (Wildman–Crippen LogP) is 4.35. The smallest absolute Gasteiger partial charge is 0.314 e. The molecule has 0 heterocycles. The topological polar surface area (TPSA) is 76.1 Å². The van der Waals surface area contributed by atoms with Gasteiger partial charge in [-0.15, -0.1) is 0 Å². The molecule has 0 unspecified atom stereocenters. The van der Waals surface area contributed by atoms with Crippen molar-refractivity contribution in [2.24, 2.45) is 5.92 Å². The maximum atomic E-state index is 15.2. The number of ether oxygens (including phenoxy) is 1. The fourth-order valence-corrected chi connectivity index (χ4v) is 3.37. The van der Waals surface area contributed by atoms with Gasteiger partial charge in [-0.2, -0.15) is 5.26 Å². The highest BCUT2D eigenvalue weighted by Gasteiger charge is 2.29. The average Bonchev–Trinajstić information content (AvgIpc) is 3.15. The standard InChI is InChI=1S/C20H19FN2O2/c1-12-15(11-22)18(23)19(25-20(24)14-9-5-6-10-14)17(21)16(12)13-7-3-2-4-8-13/h2-4,7-8,14H,5-6,9-10,23H2,1H3. The molecular weight excluding hydrogens is 319 g/mol. The number of anilines is 1. The third-order valence-corrected chi connectivity index (χ3v) is 4.75. The Morgan fingerprint density at radius 1 is 1.28 bits per heavy atom. The molecule has 0 aliphatic heterocycles. The van der Waals surface area contributed by atoms with E-state index >= 15 is 4.39 Å². The zero-order valence-electron chi connectivity index (χ0n) is 14.0. The second-order valence-corrected chi connectivity index (χ2v) is 6.31. The molecule has 0 radical (unpaired) electrons. The van der Waals surface area contributed by atoms with E-state index < -0.39 is 11.8 Å². The van der Waals surface area contributed by atoms with Crippen LogP contribution in [0.15, 0.2) is 30.3 Å². The summed E-state index contributed by atoms with van der Waals surface area (Å²) in [5.41, 5.74) is 7.24. The van der Waals surface area contributed by atoms with E-state index in [-0.39, 0.29) is 28.5 Å². The minimum absolute atomic E-state index is 0.122. The van der Waals surface area contributed by atoms with Gasteiger partial charge in [0.1, 0.15) is 6.07 Å². The molecule has 1 fully saturated rings. The summed E-state index contributed by atoms with van der Waals surface area (Å²) in [6.45, 7) is 1.64. The Bertz CT molecular complexity index is 850. The molecule has 128 valence electrons. The molecule has 3 rings (SSSR count). The SMILES string of the molecule is Cc1c(C#N)c(N)c(OC(=O)C2CCCC2)c(F)c1-c1ccccc1. The van der Waals surface area contributed by atoms with Gasteiger partial charge < -0.3 is 10.5 Å². The first-order valence-corrected chi connectivity index (χ1v) is 8.33. The van der Waals surface area contributed by atoms with Gasteiger partial charge >= 0.3 is 5.97 Å². The minimum atomic E-state index is -0.702. The summed E-state index contributed by atoms with van der Waals surface area (Å²) in [6, 6.07) is 10.9. The minimum Gasteiger partial charge on any atom is -0.421 e. The number of halogens is 1. The monoisotopic (exact) mass is 338 g/mol. The van der Waals surface area contributed by atoms with Crippen LogP contribution in [-0.4, -0.2) is 5.97 Å². The van der Waals surface area contributed by atoms with Crippen molar-refractivity contribution < 1.29 is 13.9 Å². The Hall–Kier alpha value is -2.87. The van der Waals surface area contributed by atoms with Crippen molar-refractivity contribution in [3.8, 4) is 22.9 Å². The summed E-state index contributed by atoms with van der Waals surface area (Å²) in [5, 5.41) is 9.44. The van der Waals surface area contributed by atoms with Crippen molar-refractivity contribution >= 4 is 11.7 Å². The van der Waals surface area contributed by atoms with Crippen molar-refractivity contribution in [1.82, 2.24) is 0 Å². The van der Waals surface area contributed by atoms with Crippen molar-refractivity contribution in [2.45, 2.75) is 32.6 Å². The Morgan fingerprint density at radius 2 is 1.92 bits per heavy atom. The van der Waals surface area contributed by atoms with E-state index in [2.05, 4.69) is 0 Å². The third-order valence-electron chi connectivity index (χ3n) is 4.75. The van der Waals surface area contributed by atoms with Gasteiger partial charge in [-0.3, -0.25) is 4.79 Å². The van der Waals surface area contributed by atoms with E-state index in [0.717, 1.165) is 25.7 Å². The molecule has 25 heavy (non-hydrogen) atoms. The van der Waals surface area contributed by atoms with Crippen LogP contribution in [-0.2, 0) is 4.79 Å². The lowest BCUT2D eigenvalue weighted by Crippen LogP contribution is -2.19. The molecule has 2 aromatic carbocycles. The van der Waals surface area contributed by atoms with Gasteiger partial charge in [0.15, 0.2) is 11.6 Å². The van der Waals surface area contributed by atoms with Crippen LogP contribution in [0, 0.1) is 30.0 Å². The Labute approximate surface area is 146 Å². The molecule has 5 heteroatoms. The lowest BCUT2D eigenvalue weighted by atomic mass is 9.94. The lowest BCUT2D eigenvalue weighted by molar-refractivity contribution is -0.138. The van der Waals surface area contributed by atoms with Crippen LogP contribution in [0.5, 0.6) is 5.75 Å². The molecule has 1 aliphatic carbocycles. The average molecular weight is 338 g/mol. The molecule has 2 N–H and O–H groups in total. The van der Waals surface area contributed by atoms with E-state index in [9.17, 15) is 10.1 Å². The van der Waals surface area contributed by atoms with Gasteiger partial charge in [-0.05, 0) is 30.9 Å². The summed E-state index contributed by atoms with van der Waals surface area (Å²) in [4.78, 5) is 12.3. The van der Waals surface area contributed by atoms with E-state index in [4.69, 9.17) is 10.5 Å². The van der Waals surface area contributed by atoms with E-state index in [1.54, 1.807) is 31.2 Å². The maximum Gasteiger partial charge on any atom is 0.314 e. The van der Waals surface area contributed by atoms with Gasteiger partial charge in [-0.25, -0.2) is 4.39 Å². The number of rotatable bonds is 3. The van der Waals surface area contributed by atoms with Crippen LogP contribution < -0.4 is 10.5 Å². The van der Waals surface area contributed by atoms with Crippen molar-refractivity contribution in [3.63, 3.8) is 0 Å². The Balaban J connectivity index is 2.12. The summed E-state index contributed by atoms with van der Waals surface area (Å²) in [7, 11) is 0. The largest absolute Gasteiger partial charge is 0.421 e. The molecule has 1 aliphatic rings. The second kappa shape index (κ2) is 6.94. The van der Waals surface area contributed by atoms with Crippen LogP contribution >= 0.6 is 0 Å². The second-order valence-electron chi connectivity index (χ2n) is 6.31. The summed E-state index contributed by atoms with van der Waals surface area (Å²) >= 11 is 0. The predicted molar refractivity (Wildman–Crippen MR) is 93.3 cm³/mol. The van der Waals surface area contributed by atoms with Gasteiger partial charge in [-0.1, -0.05) is 43.2 Å². The number of benzene rings is 2. The number of nitriles is 1. The van der Waals surface area contributed by atoms with Crippen LogP contribution in [0.4, 0.5) is 10.1 Å². The molecule has 0 bridgehead atoms. The molecular formula is C20H19FN2O2. The molecule has 0 atom stereocenters. The molecule has 1 saturated carbocycles. The number of carbonyl (C=O) groups is 1. The van der Waals surface area contributed by atoms with Gasteiger partial charge in [0, 0.05) is 5.56 Å². The number of carbonyl (C=O) groups excluding carboxylic acids is 1. The van der Waals surface area contributed by atoms with Crippen molar-refractivity contribution in [1.29, 1.82) is 5.26 Å². The molecule has 0 spiro atoms. The van der Waals surface area contributed by atoms with Gasteiger partial charge in [0.2, 0.25) is 0 Å². The van der Waals surface area contributed by atoms with E-state index in [1.165, 1.54) is 0 Å². The first kappa shape index (κ1) is 17.0. The number of nitrogens with two attached hydrogens (primary N) is 1. The van der Waals surface area contributed by atoms with Crippen LogP contribution in [0.3, 0.4) is 0 Å². The highest BCUT2D eigenvalue weighted by Crippen LogP contribution is 2.40. The lowest BCUT2D eigenvalue weighted by Gasteiger charge is -2.17. The zero-order valence-corrected chi connectivity index (χ0v) is 14.0.